The van der Waals surface area contributed by atoms with E-state index in [4.69, 9.17) is 0 Å². The van der Waals surface area contributed by atoms with Gasteiger partial charge in [-0.15, -0.1) is 0 Å². The lowest BCUT2D eigenvalue weighted by Gasteiger charge is -2.33. The van der Waals surface area contributed by atoms with Crippen LogP contribution in [0.4, 0.5) is 11.6 Å². The average molecular weight is 376 g/mol. The zero-order valence-corrected chi connectivity index (χ0v) is 16.8. The Hall–Kier alpha value is -1.89. The van der Waals surface area contributed by atoms with Crippen LogP contribution in [0.1, 0.15) is 46.5 Å². The molecule has 7 nitrogen and oxygen atoms in total. The van der Waals surface area contributed by atoms with Crippen molar-refractivity contribution < 1.29 is 9.90 Å². The lowest BCUT2D eigenvalue weighted by Crippen LogP contribution is -2.44. The van der Waals surface area contributed by atoms with Gasteiger partial charge >= 0.3 is 0 Å². The third-order valence-corrected chi connectivity index (χ3v) is 6.08. The van der Waals surface area contributed by atoms with Crippen molar-refractivity contribution >= 4 is 17.5 Å². The number of carbonyl (C=O) groups is 1. The molecule has 7 heteroatoms. The van der Waals surface area contributed by atoms with E-state index >= 15 is 0 Å². The van der Waals surface area contributed by atoms with Gasteiger partial charge in [-0.25, -0.2) is 9.97 Å². The van der Waals surface area contributed by atoms with Gasteiger partial charge < -0.3 is 20.2 Å². The van der Waals surface area contributed by atoms with Crippen LogP contribution < -0.4 is 15.1 Å². The number of piperidine rings is 1. The summed E-state index contributed by atoms with van der Waals surface area (Å²) in [4.78, 5) is 25.8. The van der Waals surface area contributed by atoms with Crippen molar-refractivity contribution in [2.45, 2.75) is 58.5 Å². The first-order valence-electron chi connectivity index (χ1n) is 10.2. The quantitative estimate of drug-likeness (QED) is 0.789. The van der Waals surface area contributed by atoms with Gasteiger partial charge in [0.2, 0.25) is 5.91 Å². The third kappa shape index (κ3) is 4.69. The average Bonchev–Trinajstić information content (AvgIpc) is 3.17. The second-order valence-electron chi connectivity index (χ2n) is 8.21. The van der Waals surface area contributed by atoms with Gasteiger partial charge in [-0.1, -0.05) is 13.8 Å². The molecule has 2 aliphatic rings. The van der Waals surface area contributed by atoms with Crippen molar-refractivity contribution in [2.75, 3.05) is 36.0 Å². The number of aliphatic hydroxyl groups is 1. The fourth-order valence-electron chi connectivity index (χ4n) is 3.87. The fourth-order valence-corrected chi connectivity index (χ4v) is 3.87. The molecule has 27 heavy (non-hydrogen) atoms. The van der Waals surface area contributed by atoms with Gasteiger partial charge in [0, 0.05) is 37.7 Å². The molecule has 2 fully saturated rings. The maximum atomic E-state index is 12.5. The molecule has 2 atom stereocenters. The predicted octanol–water partition coefficient (Wildman–Crippen LogP) is 1.81. The molecule has 0 aliphatic carbocycles. The van der Waals surface area contributed by atoms with E-state index in [1.54, 1.807) is 6.33 Å². The SMILES string of the molecule is CC(C)C(C)NC(=O)C1CCN(c2cc(N3CCCC3CO)ncn2)CC1. The molecule has 0 aromatic carbocycles. The first-order valence-corrected chi connectivity index (χ1v) is 10.2. The highest BCUT2D eigenvalue weighted by atomic mass is 16.3. The van der Waals surface area contributed by atoms with Crippen LogP contribution in [-0.4, -0.2) is 59.3 Å². The number of aliphatic hydroxyl groups excluding tert-OH is 1. The third-order valence-electron chi connectivity index (χ3n) is 6.08. The molecule has 1 amide bonds. The minimum Gasteiger partial charge on any atom is -0.394 e. The van der Waals surface area contributed by atoms with Gasteiger partial charge in [0.1, 0.15) is 18.0 Å². The van der Waals surface area contributed by atoms with Crippen LogP contribution in [0.5, 0.6) is 0 Å². The van der Waals surface area contributed by atoms with E-state index < -0.39 is 0 Å². The molecule has 2 unspecified atom stereocenters. The Kier molecular flexibility index (Phi) is 6.52. The monoisotopic (exact) mass is 375 g/mol. The molecule has 1 aromatic heterocycles. The summed E-state index contributed by atoms with van der Waals surface area (Å²) >= 11 is 0. The second-order valence-corrected chi connectivity index (χ2v) is 8.21. The van der Waals surface area contributed by atoms with E-state index in [-0.39, 0.29) is 30.5 Å². The minimum atomic E-state index is 0.0844. The maximum Gasteiger partial charge on any atom is 0.223 e. The van der Waals surface area contributed by atoms with Gasteiger partial charge in [-0.3, -0.25) is 4.79 Å². The standard InChI is InChI=1S/C20H33N5O2/c1-14(2)15(3)23-20(27)16-6-9-24(10-7-16)18-11-19(22-13-21-18)25-8-4-5-17(25)12-26/h11,13-17,26H,4-10,12H2,1-3H3,(H,23,27). The Morgan fingerprint density at radius 2 is 1.89 bits per heavy atom. The smallest absolute Gasteiger partial charge is 0.223 e. The molecule has 2 N–H and O–H groups in total. The lowest BCUT2D eigenvalue weighted by atomic mass is 9.95. The highest BCUT2D eigenvalue weighted by Crippen LogP contribution is 2.28. The number of amides is 1. The molecule has 1 aromatic rings. The molecule has 3 rings (SSSR count). The van der Waals surface area contributed by atoms with Crippen molar-refractivity contribution in [3.05, 3.63) is 12.4 Å². The molecule has 0 bridgehead atoms. The number of nitrogens with one attached hydrogen (secondary N) is 1. The number of hydrogen-bond donors (Lipinski definition) is 2. The Bertz CT molecular complexity index is 631. The van der Waals surface area contributed by atoms with E-state index in [1.807, 2.05) is 6.07 Å². The zero-order chi connectivity index (χ0) is 19.4. The normalized spacial score (nSPS) is 22.3. The van der Waals surface area contributed by atoms with Crippen LogP contribution in [0.2, 0.25) is 0 Å². The van der Waals surface area contributed by atoms with Crippen molar-refractivity contribution in [3.63, 3.8) is 0 Å². The first kappa shape index (κ1) is 19.9. The summed E-state index contributed by atoms with van der Waals surface area (Å²) in [6, 6.07) is 2.39. The summed E-state index contributed by atoms with van der Waals surface area (Å²) in [6.07, 6.45) is 5.39. The fraction of sp³-hybridized carbons (Fsp3) is 0.750. The second kappa shape index (κ2) is 8.87. The van der Waals surface area contributed by atoms with Gasteiger partial charge in [0.25, 0.3) is 0 Å². The van der Waals surface area contributed by atoms with Crippen LogP contribution in [0, 0.1) is 11.8 Å². The number of rotatable bonds is 6. The van der Waals surface area contributed by atoms with Gasteiger partial charge in [0.15, 0.2) is 0 Å². The summed E-state index contributed by atoms with van der Waals surface area (Å²) in [6.45, 7) is 9.07. The van der Waals surface area contributed by atoms with E-state index in [9.17, 15) is 9.90 Å². The molecule has 150 valence electrons. The van der Waals surface area contributed by atoms with Crippen molar-refractivity contribution in [3.8, 4) is 0 Å². The summed E-state index contributed by atoms with van der Waals surface area (Å²) in [5.41, 5.74) is 0. The van der Waals surface area contributed by atoms with E-state index in [0.29, 0.717) is 5.92 Å². The largest absolute Gasteiger partial charge is 0.394 e. The first-order chi connectivity index (χ1) is 13.0. The highest BCUT2D eigenvalue weighted by Gasteiger charge is 2.28. The summed E-state index contributed by atoms with van der Waals surface area (Å²) in [7, 11) is 0. The van der Waals surface area contributed by atoms with Crippen molar-refractivity contribution in [1.82, 2.24) is 15.3 Å². The lowest BCUT2D eigenvalue weighted by molar-refractivity contribution is -0.126. The maximum absolute atomic E-state index is 12.5. The number of nitrogens with zero attached hydrogens (tertiary/aromatic N) is 4. The topological polar surface area (TPSA) is 81.6 Å². The van der Waals surface area contributed by atoms with Crippen LogP contribution in [0.25, 0.3) is 0 Å². The van der Waals surface area contributed by atoms with E-state index in [1.165, 1.54) is 0 Å². The molecule has 2 saturated heterocycles. The Labute approximate surface area is 162 Å². The summed E-state index contributed by atoms with van der Waals surface area (Å²) < 4.78 is 0. The Morgan fingerprint density at radius 3 is 2.56 bits per heavy atom. The van der Waals surface area contributed by atoms with Gasteiger partial charge in [-0.05, 0) is 38.5 Å². The van der Waals surface area contributed by atoms with Crippen molar-refractivity contribution in [1.29, 1.82) is 0 Å². The minimum absolute atomic E-state index is 0.0844. The number of carbonyl (C=O) groups excluding carboxylic acids is 1. The van der Waals surface area contributed by atoms with E-state index in [2.05, 4.69) is 45.9 Å². The summed E-state index contributed by atoms with van der Waals surface area (Å²) in [5, 5.41) is 12.7. The van der Waals surface area contributed by atoms with Gasteiger partial charge in [0.05, 0.1) is 12.6 Å². The molecular formula is C20H33N5O2. The predicted molar refractivity (Wildman–Crippen MR) is 107 cm³/mol. The molecule has 0 radical (unpaired) electrons. The van der Waals surface area contributed by atoms with Crippen LogP contribution in [0.3, 0.4) is 0 Å². The number of aromatic nitrogens is 2. The molecular weight excluding hydrogens is 342 g/mol. The zero-order valence-electron chi connectivity index (χ0n) is 16.8. The molecule has 0 saturated carbocycles. The Balaban J connectivity index is 1.58. The van der Waals surface area contributed by atoms with Crippen LogP contribution in [-0.2, 0) is 4.79 Å². The molecule has 0 spiro atoms. The molecule has 2 aliphatic heterocycles. The molecule has 3 heterocycles. The number of anilines is 2. The van der Waals surface area contributed by atoms with Crippen molar-refractivity contribution in [2.24, 2.45) is 11.8 Å². The highest BCUT2D eigenvalue weighted by molar-refractivity contribution is 5.79. The van der Waals surface area contributed by atoms with Crippen LogP contribution in [0.15, 0.2) is 12.4 Å². The number of hydrogen-bond acceptors (Lipinski definition) is 6. The Morgan fingerprint density at radius 1 is 1.19 bits per heavy atom. The van der Waals surface area contributed by atoms with Crippen LogP contribution >= 0.6 is 0 Å². The van der Waals surface area contributed by atoms with Gasteiger partial charge in [-0.2, -0.15) is 0 Å². The van der Waals surface area contributed by atoms with E-state index in [0.717, 1.165) is 57.0 Å². The summed E-state index contributed by atoms with van der Waals surface area (Å²) in [5.74, 6) is 2.52.